The van der Waals surface area contributed by atoms with Gasteiger partial charge in [0.05, 0.1) is 21.9 Å². The van der Waals surface area contributed by atoms with Crippen LogP contribution in [0.25, 0.3) is 0 Å². The molecule has 3 aromatic heterocycles. The molecule has 1 amide bonds. The van der Waals surface area contributed by atoms with E-state index in [9.17, 15) is 14.4 Å². The van der Waals surface area contributed by atoms with E-state index in [0.717, 1.165) is 21.0 Å². The zero-order valence-corrected chi connectivity index (χ0v) is 16.4. The third-order valence-corrected chi connectivity index (χ3v) is 6.14. The molecule has 0 bridgehead atoms. The Bertz CT molecular complexity index is 1100. The van der Waals surface area contributed by atoms with Crippen LogP contribution in [-0.2, 0) is 18.3 Å². The number of amides is 1. The number of carbonyl (C=O) groups is 1. The number of nitrogens with zero attached hydrogens (tertiary/aromatic N) is 5. The number of aromatic nitrogens is 4. The monoisotopic (exact) mass is 403 g/mol. The van der Waals surface area contributed by atoms with Crippen molar-refractivity contribution >= 4 is 28.6 Å². The lowest BCUT2D eigenvalue weighted by Crippen LogP contribution is -2.59. The molecular formula is C17H17N5O3S2. The van der Waals surface area contributed by atoms with E-state index in [4.69, 9.17) is 0 Å². The summed E-state index contributed by atoms with van der Waals surface area (Å²) in [5.41, 5.74) is 2.51. The summed E-state index contributed by atoms with van der Waals surface area (Å²) in [4.78, 5) is 47.6. The van der Waals surface area contributed by atoms with Crippen LogP contribution >= 0.6 is 22.7 Å². The fourth-order valence-electron chi connectivity index (χ4n) is 3.30. The first kappa shape index (κ1) is 17.8. The number of hydrogen-bond donors (Lipinski definition) is 0. The van der Waals surface area contributed by atoms with Gasteiger partial charge in [0, 0.05) is 43.0 Å². The van der Waals surface area contributed by atoms with Gasteiger partial charge in [0.1, 0.15) is 12.1 Å². The fraction of sp³-hybridized carbons (Fsp3) is 0.353. The summed E-state index contributed by atoms with van der Waals surface area (Å²) in [5, 5.41) is 4.87. The Labute approximate surface area is 162 Å². The van der Waals surface area contributed by atoms with Crippen LogP contribution in [0.5, 0.6) is 0 Å². The summed E-state index contributed by atoms with van der Waals surface area (Å²) < 4.78 is 2.34. The van der Waals surface area contributed by atoms with Crippen molar-refractivity contribution in [2.45, 2.75) is 25.4 Å². The van der Waals surface area contributed by atoms with E-state index in [1.807, 2.05) is 17.7 Å². The summed E-state index contributed by atoms with van der Waals surface area (Å²) in [6, 6.07) is 0.273. The van der Waals surface area contributed by atoms with E-state index in [1.165, 1.54) is 35.2 Å². The van der Waals surface area contributed by atoms with E-state index in [1.54, 1.807) is 21.7 Å². The number of hydrogen-bond acceptors (Lipinski definition) is 7. The van der Waals surface area contributed by atoms with E-state index >= 15 is 0 Å². The van der Waals surface area contributed by atoms with Gasteiger partial charge in [0.15, 0.2) is 0 Å². The Morgan fingerprint density at radius 3 is 2.67 bits per heavy atom. The molecule has 0 aliphatic carbocycles. The summed E-state index contributed by atoms with van der Waals surface area (Å²) >= 11 is 3.02. The quantitative estimate of drug-likeness (QED) is 0.596. The van der Waals surface area contributed by atoms with Crippen LogP contribution in [0.15, 0.2) is 38.1 Å². The highest BCUT2D eigenvalue weighted by molar-refractivity contribution is 7.09. The van der Waals surface area contributed by atoms with E-state index in [0.29, 0.717) is 13.0 Å². The average Bonchev–Trinajstić information content (AvgIpc) is 3.31. The van der Waals surface area contributed by atoms with Crippen molar-refractivity contribution in [2.24, 2.45) is 7.05 Å². The van der Waals surface area contributed by atoms with E-state index in [2.05, 4.69) is 9.97 Å². The second-order valence-electron chi connectivity index (χ2n) is 6.35. The van der Waals surface area contributed by atoms with Crippen molar-refractivity contribution < 1.29 is 4.79 Å². The molecule has 1 aliphatic heterocycles. The lowest BCUT2D eigenvalue weighted by Gasteiger charge is -2.46. The molecule has 0 N–H and O–H groups in total. The van der Waals surface area contributed by atoms with Crippen LogP contribution in [0.4, 0.5) is 0 Å². The van der Waals surface area contributed by atoms with Crippen LogP contribution in [0.2, 0.25) is 0 Å². The summed E-state index contributed by atoms with van der Waals surface area (Å²) in [7, 11) is 1.41. The van der Waals surface area contributed by atoms with Gasteiger partial charge in [-0.2, -0.15) is 0 Å². The molecule has 3 aromatic rings. The first-order chi connectivity index (χ1) is 13.0. The number of rotatable bonds is 5. The van der Waals surface area contributed by atoms with Crippen molar-refractivity contribution in [1.29, 1.82) is 0 Å². The SMILES string of the molecule is Cc1nc(CCN2C(=O)[C@@H](n3ccc(=O)n(C)c3=O)[C@H]2c2cscn2)cs1. The smallest absolute Gasteiger partial charge is 0.329 e. The van der Waals surface area contributed by atoms with Crippen molar-refractivity contribution in [3.05, 3.63) is 65.8 Å². The van der Waals surface area contributed by atoms with Crippen LogP contribution in [0, 0.1) is 6.92 Å². The first-order valence-corrected chi connectivity index (χ1v) is 10.2. The van der Waals surface area contributed by atoms with Gasteiger partial charge in [0.25, 0.3) is 5.56 Å². The van der Waals surface area contributed by atoms with Crippen LogP contribution in [-0.4, -0.2) is 36.5 Å². The normalized spacial score (nSPS) is 19.3. The van der Waals surface area contributed by atoms with Crippen LogP contribution in [0.1, 0.15) is 28.5 Å². The Kier molecular flexibility index (Phi) is 4.52. The molecule has 4 rings (SSSR count). The zero-order valence-electron chi connectivity index (χ0n) is 14.7. The molecule has 140 valence electrons. The van der Waals surface area contributed by atoms with Gasteiger partial charge >= 0.3 is 5.69 Å². The highest BCUT2D eigenvalue weighted by Gasteiger charge is 2.50. The highest BCUT2D eigenvalue weighted by Crippen LogP contribution is 2.42. The maximum absolute atomic E-state index is 12.9. The van der Waals surface area contributed by atoms with Crippen LogP contribution < -0.4 is 11.2 Å². The molecule has 1 saturated heterocycles. The third-order valence-electron chi connectivity index (χ3n) is 4.72. The minimum Gasteiger partial charge on any atom is -0.329 e. The number of thiazole rings is 2. The Morgan fingerprint density at radius 2 is 2.00 bits per heavy atom. The number of carbonyl (C=O) groups excluding carboxylic acids is 1. The lowest BCUT2D eigenvalue weighted by molar-refractivity contribution is -0.155. The van der Waals surface area contributed by atoms with E-state index < -0.39 is 17.3 Å². The summed E-state index contributed by atoms with van der Waals surface area (Å²) in [6.07, 6.45) is 2.04. The molecule has 4 heterocycles. The first-order valence-electron chi connectivity index (χ1n) is 8.35. The third kappa shape index (κ3) is 3.04. The predicted molar refractivity (Wildman–Crippen MR) is 102 cm³/mol. The van der Waals surface area contributed by atoms with Crippen molar-refractivity contribution in [3.63, 3.8) is 0 Å². The van der Waals surface area contributed by atoms with Gasteiger partial charge in [-0.1, -0.05) is 0 Å². The second-order valence-corrected chi connectivity index (χ2v) is 8.13. The molecule has 0 radical (unpaired) electrons. The van der Waals surface area contributed by atoms with Crippen molar-refractivity contribution in [2.75, 3.05) is 6.54 Å². The van der Waals surface area contributed by atoms with Gasteiger partial charge in [-0.25, -0.2) is 14.8 Å². The molecule has 2 atom stereocenters. The maximum Gasteiger partial charge on any atom is 0.331 e. The van der Waals surface area contributed by atoms with E-state index in [-0.39, 0.29) is 11.9 Å². The topological polar surface area (TPSA) is 90.1 Å². The summed E-state index contributed by atoms with van der Waals surface area (Å²) in [5.74, 6) is -0.152. The fourth-order valence-corrected chi connectivity index (χ4v) is 4.53. The molecule has 0 unspecified atom stereocenters. The average molecular weight is 403 g/mol. The second kappa shape index (κ2) is 6.86. The Balaban J connectivity index is 1.65. The standard InChI is InChI=1S/C17H17N5O3S2/c1-10-19-11(7-27-10)3-5-21-14(12-8-26-9-18-12)15(16(21)24)22-6-4-13(23)20(2)17(22)25/h4,6-9,14-15H,3,5H2,1-2H3/t14-,15+/m1/s1. The Hall–Kier alpha value is -2.59. The van der Waals surface area contributed by atoms with Gasteiger partial charge < -0.3 is 4.90 Å². The number of β-lactam (4-membered cyclic amide) rings is 1. The van der Waals surface area contributed by atoms with Gasteiger partial charge in [-0.3, -0.25) is 18.7 Å². The maximum atomic E-state index is 12.9. The van der Waals surface area contributed by atoms with Crippen LogP contribution in [0.3, 0.4) is 0 Å². The molecule has 1 fully saturated rings. The minimum absolute atomic E-state index is 0.152. The molecular weight excluding hydrogens is 386 g/mol. The minimum atomic E-state index is -0.691. The number of likely N-dealkylation sites (tertiary alicyclic amines) is 1. The molecule has 0 aromatic carbocycles. The highest BCUT2D eigenvalue weighted by atomic mass is 32.1. The van der Waals surface area contributed by atoms with Crippen molar-refractivity contribution in [1.82, 2.24) is 24.0 Å². The molecule has 0 spiro atoms. The summed E-state index contributed by atoms with van der Waals surface area (Å²) in [6.45, 7) is 2.45. The van der Waals surface area contributed by atoms with Gasteiger partial charge in [-0.05, 0) is 6.92 Å². The lowest BCUT2D eigenvalue weighted by atomic mass is 9.91. The Morgan fingerprint density at radius 1 is 1.19 bits per heavy atom. The molecule has 8 nitrogen and oxygen atoms in total. The molecule has 0 saturated carbocycles. The molecule has 1 aliphatic rings. The largest absolute Gasteiger partial charge is 0.331 e. The van der Waals surface area contributed by atoms with Gasteiger partial charge in [0.2, 0.25) is 5.91 Å². The zero-order chi connectivity index (χ0) is 19.1. The predicted octanol–water partition coefficient (Wildman–Crippen LogP) is 1.14. The van der Waals surface area contributed by atoms with Gasteiger partial charge in [-0.15, -0.1) is 22.7 Å². The van der Waals surface area contributed by atoms with Crippen molar-refractivity contribution in [3.8, 4) is 0 Å². The molecule has 27 heavy (non-hydrogen) atoms. The molecule has 10 heteroatoms. The number of aryl methyl sites for hydroxylation is 1.